The van der Waals surface area contributed by atoms with E-state index in [2.05, 4.69) is 21.2 Å². The van der Waals surface area contributed by atoms with Crippen molar-refractivity contribution in [3.05, 3.63) is 63.6 Å². The number of carbonyl (C=O) groups excluding carboxylic acids is 2. The van der Waals surface area contributed by atoms with Crippen molar-refractivity contribution in [1.29, 1.82) is 0 Å². The number of ether oxygens (including phenoxy) is 1. The first-order valence-electron chi connectivity index (χ1n) is 10.6. The first-order chi connectivity index (χ1) is 14.5. The van der Waals surface area contributed by atoms with Crippen LogP contribution in [0.4, 0.5) is 0 Å². The molecule has 6 heteroatoms. The third-order valence-electron chi connectivity index (χ3n) is 4.85. The number of aryl methyl sites for hydroxylation is 2. The molecule has 1 atom stereocenters. The lowest BCUT2D eigenvalue weighted by Gasteiger charge is -2.33. The smallest absolute Gasteiger partial charge is 0.261 e. The summed E-state index contributed by atoms with van der Waals surface area (Å²) in [6.07, 6.45) is 0.511. The molecule has 2 amide bonds. The molecule has 0 aliphatic carbocycles. The Morgan fingerprint density at radius 2 is 1.68 bits per heavy atom. The Balaban J connectivity index is 2.24. The molecule has 2 rings (SSSR count). The number of nitrogens with zero attached hydrogens (tertiary/aromatic N) is 1. The van der Waals surface area contributed by atoms with Gasteiger partial charge in [0.05, 0.1) is 0 Å². The van der Waals surface area contributed by atoms with E-state index in [0.717, 1.165) is 21.2 Å². The van der Waals surface area contributed by atoms with Gasteiger partial charge in [-0.05, 0) is 69.9 Å². The first-order valence-corrected chi connectivity index (χ1v) is 11.4. The van der Waals surface area contributed by atoms with E-state index in [4.69, 9.17) is 4.74 Å². The molecule has 0 aliphatic rings. The summed E-state index contributed by atoms with van der Waals surface area (Å²) < 4.78 is 6.86. The molecule has 2 aromatic rings. The fourth-order valence-corrected chi connectivity index (χ4v) is 3.60. The minimum absolute atomic E-state index is 0.132. The van der Waals surface area contributed by atoms with Crippen molar-refractivity contribution in [3.8, 4) is 5.75 Å². The average molecular weight is 489 g/mol. The molecule has 0 radical (unpaired) electrons. The number of rotatable bonds is 8. The normalized spacial score (nSPS) is 12.2. The fraction of sp³-hybridized carbons (Fsp3) is 0.440. The average Bonchev–Trinajstić information content (AvgIpc) is 2.69. The topological polar surface area (TPSA) is 58.6 Å². The molecule has 0 fully saturated rings. The van der Waals surface area contributed by atoms with Crippen LogP contribution in [-0.4, -0.2) is 34.9 Å². The third-order valence-corrected chi connectivity index (χ3v) is 6.10. The number of nitrogens with one attached hydrogen (secondary N) is 1. The van der Waals surface area contributed by atoms with Gasteiger partial charge >= 0.3 is 0 Å². The van der Waals surface area contributed by atoms with Gasteiger partial charge in [0, 0.05) is 16.6 Å². The van der Waals surface area contributed by atoms with Crippen LogP contribution in [-0.2, 0) is 16.1 Å². The molecule has 0 saturated heterocycles. The minimum Gasteiger partial charge on any atom is -0.484 e. The number of benzene rings is 2. The SMILES string of the molecule is CC[C@@H](C(=O)NC(C)(C)C)N(Cc1ccccc1)C(=O)COc1cc(C)c(Br)c(C)c1. The van der Waals surface area contributed by atoms with Crippen LogP contribution < -0.4 is 10.1 Å². The van der Waals surface area contributed by atoms with Crippen molar-refractivity contribution < 1.29 is 14.3 Å². The number of carbonyl (C=O) groups is 2. The van der Waals surface area contributed by atoms with Gasteiger partial charge in [-0.25, -0.2) is 0 Å². The van der Waals surface area contributed by atoms with E-state index in [-0.39, 0.29) is 24.0 Å². The maximum absolute atomic E-state index is 13.2. The van der Waals surface area contributed by atoms with Crippen molar-refractivity contribution in [1.82, 2.24) is 10.2 Å². The summed E-state index contributed by atoms with van der Waals surface area (Å²) in [5.74, 6) is 0.256. The van der Waals surface area contributed by atoms with Crippen LogP contribution in [0.25, 0.3) is 0 Å². The predicted octanol–water partition coefficient (Wildman–Crippen LogP) is 5.17. The molecule has 0 unspecified atom stereocenters. The third kappa shape index (κ3) is 7.39. The molecular formula is C25H33BrN2O3. The largest absolute Gasteiger partial charge is 0.484 e. The summed E-state index contributed by atoms with van der Waals surface area (Å²) in [7, 11) is 0. The molecule has 0 heterocycles. The van der Waals surface area contributed by atoms with E-state index in [1.807, 2.05) is 84.0 Å². The minimum atomic E-state index is -0.580. The highest BCUT2D eigenvalue weighted by Crippen LogP contribution is 2.26. The van der Waals surface area contributed by atoms with E-state index in [9.17, 15) is 9.59 Å². The summed E-state index contributed by atoms with van der Waals surface area (Å²) in [6.45, 7) is 11.9. The Kier molecular flexibility index (Phi) is 8.69. The molecule has 0 aromatic heterocycles. The van der Waals surface area contributed by atoms with Crippen LogP contribution >= 0.6 is 15.9 Å². The maximum atomic E-state index is 13.2. The molecule has 0 spiro atoms. The van der Waals surface area contributed by atoms with Gasteiger partial charge in [0.1, 0.15) is 11.8 Å². The van der Waals surface area contributed by atoms with Gasteiger partial charge in [-0.1, -0.05) is 53.2 Å². The lowest BCUT2D eigenvalue weighted by atomic mass is 10.1. The quantitative estimate of drug-likeness (QED) is 0.557. The zero-order valence-corrected chi connectivity index (χ0v) is 20.9. The molecule has 5 nitrogen and oxygen atoms in total. The second-order valence-corrected chi connectivity index (χ2v) is 9.62. The van der Waals surface area contributed by atoms with Crippen LogP contribution in [0.5, 0.6) is 5.75 Å². The fourth-order valence-electron chi connectivity index (χ4n) is 3.37. The van der Waals surface area contributed by atoms with E-state index < -0.39 is 6.04 Å². The van der Waals surface area contributed by atoms with Gasteiger partial charge in [-0.3, -0.25) is 9.59 Å². The second kappa shape index (κ2) is 10.8. The first kappa shape index (κ1) is 24.9. The second-order valence-electron chi connectivity index (χ2n) is 8.83. The lowest BCUT2D eigenvalue weighted by Crippen LogP contribution is -2.54. The number of amides is 2. The van der Waals surface area contributed by atoms with Crippen molar-refractivity contribution in [2.45, 2.75) is 66.1 Å². The standard InChI is InChI=1S/C25H33BrN2O3/c1-7-21(24(30)27-25(4,5)6)28(15-19-11-9-8-10-12-19)22(29)16-31-20-13-17(2)23(26)18(3)14-20/h8-14,21H,7,15-16H2,1-6H3,(H,27,30)/t21-/m0/s1. The number of hydrogen-bond acceptors (Lipinski definition) is 3. The van der Waals surface area contributed by atoms with Crippen LogP contribution in [0, 0.1) is 13.8 Å². The molecular weight excluding hydrogens is 456 g/mol. The van der Waals surface area contributed by atoms with Crippen molar-refractivity contribution in [3.63, 3.8) is 0 Å². The molecule has 2 aromatic carbocycles. The highest BCUT2D eigenvalue weighted by atomic mass is 79.9. The number of hydrogen-bond donors (Lipinski definition) is 1. The summed E-state index contributed by atoms with van der Waals surface area (Å²) in [6, 6.07) is 12.9. The van der Waals surface area contributed by atoms with E-state index in [1.165, 1.54) is 0 Å². The van der Waals surface area contributed by atoms with Gasteiger partial charge in [0.15, 0.2) is 6.61 Å². The highest BCUT2D eigenvalue weighted by Gasteiger charge is 2.30. The summed E-state index contributed by atoms with van der Waals surface area (Å²) in [5, 5.41) is 3.01. The Morgan fingerprint density at radius 1 is 1.10 bits per heavy atom. The molecule has 1 N–H and O–H groups in total. The van der Waals surface area contributed by atoms with E-state index in [0.29, 0.717) is 18.7 Å². The monoisotopic (exact) mass is 488 g/mol. The van der Waals surface area contributed by atoms with Crippen LogP contribution in [0.3, 0.4) is 0 Å². The maximum Gasteiger partial charge on any atom is 0.261 e. The van der Waals surface area contributed by atoms with Crippen molar-refractivity contribution in [2.75, 3.05) is 6.61 Å². The summed E-state index contributed by atoms with van der Waals surface area (Å²) >= 11 is 3.55. The number of halogens is 1. The van der Waals surface area contributed by atoms with Crippen molar-refractivity contribution >= 4 is 27.7 Å². The summed E-state index contributed by atoms with van der Waals surface area (Å²) in [4.78, 5) is 27.8. The van der Waals surface area contributed by atoms with Gasteiger partial charge in [-0.15, -0.1) is 0 Å². The Morgan fingerprint density at radius 3 is 2.19 bits per heavy atom. The molecule has 0 saturated carbocycles. The Bertz CT molecular complexity index is 884. The van der Waals surface area contributed by atoms with Gasteiger partial charge in [0.25, 0.3) is 5.91 Å². The van der Waals surface area contributed by atoms with Gasteiger partial charge in [-0.2, -0.15) is 0 Å². The summed E-state index contributed by atoms with van der Waals surface area (Å²) in [5.41, 5.74) is 2.67. The molecule has 168 valence electrons. The Labute approximate surface area is 194 Å². The lowest BCUT2D eigenvalue weighted by molar-refractivity contribution is -0.143. The van der Waals surface area contributed by atoms with Gasteiger partial charge < -0.3 is 15.0 Å². The van der Waals surface area contributed by atoms with Gasteiger partial charge in [0.2, 0.25) is 5.91 Å². The van der Waals surface area contributed by atoms with Crippen LogP contribution in [0.15, 0.2) is 46.9 Å². The molecule has 0 aliphatic heterocycles. The molecule has 31 heavy (non-hydrogen) atoms. The van der Waals surface area contributed by atoms with Crippen LogP contribution in [0.1, 0.15) is 50.8 Å². The zero-order chi connectivity index (χ0) is 23.2. The van der Waals surface area contributed by atoms with Crippen LogP contribution in [0.2, 0.25) is 0 Å². The van der Waals surface area contributed by atoms with E-state index in [1.54, 1.807) is 4.90 Å². The highest BCUT2D eigenvalue weighted by molar-refractivity contribution is 9.10. The zero-order valence-electron chi connectivity index (χ0n) is 19.3. The Hall–Kier alpha value is -2.34. The van der Waals surface area contributed by atoms with Crippen molar-refractivity contribution in [2.24, 2.45) is 0 Å². The predicted molar refractivity (Wildman–Crippen MR) is 128 cm³/mol. The molecule has 0 bridgehead atoms. The van der Waals surface area contributed by atoms with E-state index >= 15 is 0 Å².